The number of sulfonamides is 1. The van der Waals surface area contributed by atoms with Gasteiger partial charge in [-0.3, -0.25) is 4.79 Å². The van der Waals surface area contributed by atoms with Crippen molar-refractivity contribution in [3.63, 3.8) is 0 Å². The summed E-state index contributed by atoms with van der Waals surface area (Å²) in [6.07, 6.45) is 3.40. The van der Waals surface area contributed by atoms with Crippen molar-refractivity contribution in [2.75, 3.05) is 43.4 Å². The van der Waals surface area contributed by atoms with E-state index in [-0.39, 0.29) is 24.0 Å². The number of rotatable bonds is 7. The molecule has 2 aromatic rings. The van der Waals surface area contributed by atoms with Crippen LogP contribution in [0.1, 0.15) is 31.2 Å². The summed E-state index contributed by atoms with van der Waals surface area (Å²) in [7, 11) is -3.53. The molecule has 6 nitrogen and oxygen atoms in total. The minimum atomic E-state index is -3.53. The van der Waals surface area contributed by atoms with E-state index in [1.165, 1.54) is 10.4 Å². The molecular formula is C24H29ClFN3O3S. The Morgan fingerprint density at radius 1 is 1.00 bits per heavy atom. The van der Waals surface area contributed by atoms with Crippen molar-refractivity contribution in [1.29, 1.82) is 0 Å². The van der Waals surface area contributed by atoms with Crippen molar-refractivity contribution in [3.8, 4) is 0 Å². The number of carbonyl (C=O) groups is 1. The number of piperazine rings is 1. The predicted molar refractivity (Wildman–Crippen MR) is 129 cm³/mol. The first-order chi connectivity index (χ1) is 15.8. The number of benzene rings is 2. The molecule has 1 aliphatic carbocycles. The van der Waals surface area contributed by atoms with Crippen molar-refractivity contribution < 1.29 is 17.6 Å². The molecule has 178 valence electrons. The van der Waals surface area contributed by atoms with Gasteiger partial charge in [0.25, 0.3) is 0 Å². The summed E-state index contributed by atoms with van der Waals surface area (Å²) in [5, 5.41) is 3.50. The minimum Gasteiger partial charge on any atom is -0.367 e. The Morgan fingerprint density at radius 2 is 1.64 bits per heavy atom. The zero-order chi connectivity index (χ0) is 23.5. The number of carbonyl (C=O) groups excluding carboxylic acids is 1. The summed E-state index contributed by atoms with van der Waals surface area (Å²) >= 11 is 6.01. The van der Waals surface area contributed by atoms with Gasteiger partial charge in [0.1, 0.15) is 5.82 Å². The molecule has 0 aromatic heterocycles. The molecule has 1 saturated carbocycles. The zero-order valence-corrected chi connectivity index (χ0v) is 20.0. The number of amides is 1. The van der Waals surface area contributed by atoms with Crippen LogP contribution in [0.2, 0.25) is 5.02 Å². The first-order valence-corrected chi connectivity index (χ1v) is 13.3. The Morgan fingerprint density at radius 3 is 2.27 bits per heavy atom. The molecule has 1 heterocycles. The van der Waals surface area contributed by atoms with Crippen LogP contribution in [-0.2, 0) is 20.2 Å². The second-order valence-electron chi connectivity index (χ2n) is 8.71. The van der Waals surface area contributed by atoms with Crippen LogP contribution in [0.25, 0.3) is 0 Å². The van der Waals surface area contributed by atoms with Gasteiger partial charge < -0.3 is 10.2 Å². The Balaban J connectivity index is 1.33. The quantitative estimate of drug-likeness (QED) is 0.640. The molecule has 0 atom stereocenters. The highest BCUT2D eigenvalue weighted by Gasteiger charge is 2.42. The number of para-hydroxylation sites is 1. The number of anilines is 1. The van der Waals surface area contributed by atoms with E-state index in [1.807, 2.05) is 17.0 Å². The maximum Gasteiger partial charge on any atom is 0.230 e. The lowest BCUT2D eigenvalue weighted by Crippen LogP contribution is -2.51. The molecule has 33 heavy (non-hydrogen) atoms. The van der Waals surface area contributed by atoms with Gasteiger partial charge in [-0.15, -0.1) is 0 Å². The van der Waals surface area contributed by atoms with Crippen LogP contribution in [-0.4, -0.2) is 57.1 Å². The number of halogens is 2. The van der Waals surface area contributed by atoms with Gasteiger partial charge in [-0.2, -0.15) is 4.31 Å². The molecule has 9 heteroatoms. The first-order valence-electron chi connectivity index (χ1n) is 11.3. The fraction of sp³-hybridized carbons (Fsp3) is 0.458. The zero-order valence-electron chi connectivity index (χ0n) is 18.5. The summed E-state index contributed by atoms with van der Waals surface area (Å²) in [5.41, 5.74) is 0.791. The summed E-state index contributed by atoms with van der Waals surface area (Å²) in [6, 6.07) is 13.9. The van der Waals surface area contributed by atoms with Gasteiger partial charge in [-0.25, -0.2) is 12.8 Å². The average Bonchev–Trinajstić information content (AvgIpc) is 3.31. The lowest BCUT2D eigenvalue weighted by atomic mass is 9.78. The van der Waals surface area contributed by atoms with Crippen molar-refractivity contribution in [1.82, 2.24) is 9.62 Å². The normalized spacial score (nSPS) is 18.9. The van der Waals surface area contributed by atoms with Crippen LogP contribution in [0.5, 0.6) is 0 Å². The summed E-state index contributed by atoms with van der Waals surface area (Å²) in [5.74, 6) is -0.588. The molecule has 2 aromatic carbocycles. The maximum atomic E-state index is 14.0. The van der Waals surface area contributed by atoms with E-state index in [9.17, 15) is 17.6 Å². The molecule has 0 bridgehead atoms. The predicted octanol–water partition coefficient (Wildman–Crippen LogP) is 3.56. The smallest absolute Gasteiger partial charge is 0.230 e. The van der Waals surface area contributed by atoms with E-state index >= 15 is 0 Å². The van der Waals surface area contributed by atoms with Crippen molar-refractivity contribution in [2.24, 2.45) is 0 Å². The third kappa shape index (κ3) is 5.18. The number of hydrogen-bond acceptors (Lipinski definition) is 4. The summed E-state index contributed by atoms with van der Waals surface area (Å²) in [4.78, 5) is 15.0. The molecule has 2 fully saturated rings. The van der Waals surface area contributed by atoms with Gasteiger partial charge in [-0.1, -0.05) is 48.7 Å². The maximum absolute atomic E-state index is 14.0. The Hall–Kier alpha value is -2.16. The van der Waals surface area contributed by atoms with Gasteiger partial charge in [-0.05, 0) is 42.7 Å². The second-order valence-corrected chi connectivity index (χ2v) is 11.2. The number of hydrogen-bond donors (Lipinski definition) is 1. The second kappa shape index (κ2) is 9.99. The molecule has 2 aliphatic rings. The highest BCUT2D eigenvalue weighted by atomic mass is 35.5. The lowest BCUT2D eigenvalue weighted by Gasteiger charge is -2.35. The van der Waals surface area contributed by atoms with E-state index in [2.05, 4.69) is 5.32 Å². The van der Waals surface area contributed by atoms with Gasteiger partial charge in [0.05, 0.1) is 16.9 Å². The number of nitrogens with zero attached hydrogens (tertiary/aromatic N) is 2. The van der Waals surface area contributed by atoms with Crippen molar-refractivity contribution in [3.05, 3.63) is 64.9 Å². The minimum absolute atomic E-state index is 0.0596. The highest BCUT2D eigenvalue weighted by Crippen LogP contribution is 2.41. The molecule has 4 rings (SSSR count). The molecule has 0 radical (unpaired) electrons. The monoisotopic (exact) mass is 493 g/mol. The molecule has 1 saturated heterocycles. The van der Waals surface area contributed by atoms with E-state index in [4.69, 9.17) is 11.6 Å². The van der Waals surface area contributed by atoms with Crippen molar-refractivity contribution >= 4 is 33.2 Å². The van der Waals surface area contributed by atoms with Gasteiger partial charge in [0.15, 0.2) is 0 Å². The van der Waals surface area contributed by atoms with E-state index < -0.39 is 15.4 Å². The standard InChI is InChI=1S/C24H29ClFN3O3S/c25-20-9-7-19(8-10-20)24(11-3-4-12-24)23(30)27-13-18-33(31,32)29-16-14-28(15-17-29)22-6-2-1-5-21(22)26/h1-2,5-10H,3-4,11-18H2,(H,27,30). The third-order valence-corrected chi connectivity index (χ3v) is 8.88. The lowest BCUT2D eigenvalue weighted by molar-refractivity contribution is -0.126. The van der Waals surface area contributed by atoms with E-state index in [0.717, 1.165) is 31.2 Å². The van der Waals surface area contributed by atoms with Crippen LogP contribution in [0.4, 0.5) is 10.1 Å². The fourth-order valence-corrected chi connectivity index (χ4v) is 6.37. The topological polar surface area (TPSA) is 69.7 Å². The number of nitrogens with one attached hydrogen (secondary N) is 1. The first kappa shape index (κ1) is 24.0. The van der Waals surface area contributed by atoms with Gasteiger partial charge in [0, 0.05) is 37.7 Å². The third-order valence-electron chi connectivity index (χ3n) is 6.76. The SMILES string of the molecule is O=C(NCCS(=O)(=O)N1CCN(c2ccccc2F)CC1)C1(c2ccc(Cl)cc2)CCCC1. The van der Waals surface area contributed by atoms with Crippen LogP contribution in [0.3, 0.4) is 0 Å². The van der Waals surface area contributed by atoms with E-state index in [1.54, 1.807) is 30.3 Å². The van der Waals surface area contributed by atoms with Crippen LogP contribution in [0, 0.1) is 5.82 Å². The van der Waals surface area contributed by atoms with Crippen LogP contribution < -0.4 is 10.2 Å². The molecule has 1 N–H and O–H groups in total. The molecule has 0 spiro atoms. The Bertz CT molecular complexity index is 1080. The average molecular weight is 494 g/mol. The Kier molecular flexibility index (Phi) is 7.26. The summed E-state index contributed by atoms with van der Waals surface area (Å²) < 4.78 is 41.2. The van der Waals surface area contributed by atoms with Crippen molar-refractivity contribution in [2.45, 2.75) is 31.1 Å². The molecule has 0 unspecified atom stereocenters. The summed E-state index contributed by atoms with van der Waals surface area (Å²) in [6.45, 7) is 1.49. The van der Waals surface area contributed by atoms with Gasteiger partial charge in [0.2, 0.25) is 15.9 Å². The Labute approximate surface area is 199 Å². The van der Waals surface area contributed by atoms with Crippen LogP contribution >= 0.6 is 11.6 Å². The van der Waals surface area contributed by atoms with Crippen LogP contribution in [0.15, 0.2) is 48.5 Å². The van der Waals surface area contributed by atoms with E-state index in [0.29, 0.717) is 36.9 Å². The molecule has 1 aliphatic heterocycles. The largest absolute Gasteiger partial charge is 0.367 e. The van der Waals surface area contributed by atoms with Gasteiger partial charge >= 0.3 is 0 Å². The molecular weight excluding hydrogens is 465 g/mol. The fourth-order valence-electron chi connectivity index (χ4n) is 4.90. The highest BCUT2D eigenvalue weighted by molar-refractivity contribution is 7.89. The molecule has 1 amide bonds.